The second-order valence-corrected chi connectivity index (χ2v) is 12.0. The van der Waals surface area contributed by atoms with E-state index in [0.29, 0.717) is 24.3 Å². The van der Waals surface area contributed by atoms with Crippen molar-refractivity contribution >= 4 is 50.4 Å². The maximum absolute atomic E-state index is 13.2. The fraction of sp³-hybridized carbons (Fsp3) is 0.333. The Bertz CT molecular complexity index is 1170. The third-order valence-electron chi connectivity index (χ3n) is 5.03. The predicted molar refractivity (Wildman–Crippen MR) is 128 cm³/mol. The van der Waals surface area contributed by atoms with Crippen LogP contribution in [0, 0.1) is 13.8 Å². The molecule has 1 amide bonds. The van der Waals surface area contributed by atoms with E-state index in [9.17, 15) is 13.2 Å². The van der Waals surface area contributed by atoms with E-state index in [-0.39, 0.29) is 16.7 Å². The van der Waals surface area contributed by atoms with Gasteiger partial charge in [0.2, 0.25) is 15.9 Å². The third kappa shape index (κ3) is 4.88. The molecule has 6 nitrogen and oxygen atoms in total. The van der Waals surface area contributed by atoms with E-state index in [1.54, 1.807) is 41.7 Å². The molecule has 1 N–H and O–H groups in total. The zero-order valence-corrected chi connectivity index (χ0v) is 20.5. The predicted octanol–water partition coefficient (Wildman–Crippen LogP) is 3.91. The summed E-state index contributed by atoms with van der Waals surface area (Å²) in [6, 6.07) is 8.61. The lowest BCUT2D eigenvalue weighted by molar-refractivity contribution is -0.123. The maximum atomic E-state index is 13.2. The molecule has 0 radical (unpaired) electrons. The number of carbonyl (C=O) groups is 1. The van der Waals surface area contributed by atoms with Gasteiger partial charge in [0.05, 0.1) is 21.3 Å². The highest BCUT2D eigenvalue weighted by Gasteiger charge is 2.40. The second-order valence-electron chi connectivity index (χ2n) is 7.34. The van der Waals surface area contributed by atoms with Crippen molar-refractivity contribution in [1.29, 1.82) is 0 Å². The standard InChI is InChI=1S/C21H23N3O3S4/c1-14-5-6-19(15(2)10-14)31(26,27)24-13-28-12-17(24)20(25)22-8-7-16-11-30-21(23-16)18-4-3-9-29-18/h3-6,9-11,17H,7-8,12-13H2,1-2H3,(H,22,25)/t17-/m1/s1. The molecule has 2 aromatic heterocycles. The number of hydrogen-bond acceptors (Lipinski definition) is 7. The SMILES string of the molecule is Cc1ccc(S(=O)(=O)N2CSC[C@@H]2C(=O)NCCc2csc(-c3cccs3)n2)c(C)c1. The van der Waals surface area contributed by atoms with Crippen LogP contribution in [0.1, 0.15) is 16.8 Å². The summed E-state index contributed by atoms with van der Waals surface area (Å²) < 4.78 is 27.8. The minimum absolute atomic E-state index is 0.257. The Labute approximate surface area is 194 Å². The summed E-state index contributed by atoms with van der Waals surface area (Å²) in [6.45, 7) is 4.14. The molecule has 1 atom stereocenters. The molecule has 164 valence electrons. The average molecular weight is 494 g/mol. The summed E-state index contributed by atoms with van der Waals surface area (Å²) in [6.07, 6.45) is 0.608. The van der Waals surface area contributed by atoms with Crippen LogP contribution in [0.15, 0.2) is 46.0 Å². The van der Waals surface area contributed by atoms with Crippen molar-refractivity contribution < 1.29 is 13.2 Å². The minimum Gasteiger partial charge on any atom is -0.354 e. The van der Waals surface area contributed by atoms with Crippen molar-refractivity contribution in [1.82, 2.24) is 14.6 Å². The van der Waals surface area contributed by atoms with E-state index in [0.717, 1.165) is 21.1 Å². The van der Waals surface area contributed by atoms with Gasteiger partial charge in [-0.25, -0.2) is 13.4 Å². The fourth-order valence-electron chi connectivity index (χ4n) is 3.45. The number of hydrogen-bond donors (Lipinski definition) is 1. The number of nitrogens with one attached hydrogen (secondary N) is 1. The first-order valence-electron chi connectivity index (χ1n) is 9.79. The number of aromatic nitrogens is 1. The molecule has 0 aliphatic carbocycles. The molecular weight excluding hydrogens is 471 g/mol. The van der Waals surface area contributed by atoms with E-state index < -0.39 is 16.1 Å². The molecule has 1 aliphatic heterocycles. The topological polar surface area (TPSA) is 79.4 Å². The Morgan fingerprint density at radius 2 is 2.10 bits per heavy atom. The van der Waals surface area contributed by atoms with Crippen LogP contribution in [0.25, 0.3) is 9.88 Å². The van der Waals surface area contributed by atoms with Gasteiger partial charge in [-0.05, 0) is 36.9 Å². The van der Waals surface area contributed by atoms with E-state index in [1.165, 1.54) is 16.1 Å². The van der Waals surface area contributed by atoms with E-state index in [1.807, 2.05) is 35.9 Å². The molecule has 0 unspecified atom stereocenters. The van der Waals surface area contributed by atoms with Crippen LogP contribution in [0.4, 0.5) is 0 Å². The van der Waals surface area contributed by atoms with Crippen LogP contribution in [-0.2, 0) is 21.2 Å². The summed E-state index contributed by atoms with van der Waals surface area (Å²) in [7, 11) is -3.74. The summed E-state index contributed by atoms with van der Waals surface area (Å²) in [5.74, 6) is 0.478. The lowest BCUT2D eigenvalue weighted by Gasteiger charge is -2.23. The number of sulfonamides is 1. The number of nitrogens with zero attached hydrogens (tertiary/aromatic N) is 2. The third-order valence-corrected chi connectivity index (χ3v) is 10.1. The molecular formula is C21H23N3O3S4. The summed E-state index contributed by atoms with van der Waals surface area (Å²) in [5.41, 5.74) is 2.63. The molecule has 31 heavy (non-hydrogen) atoms. The number of thiophene rings is 1. The van der Waals surface area contributed by atoms with Crippen molar-refractivity contribution in [3.63, 3.8) is 0 Å². The molecule has 10 heteroatoms. The Morgan fingerprint density at radius 1 is 1.26 bits per heavy atom. The Hall–Kier alpha value is -1.72. The highest BCUT2D eigenvalue weighted by Crippen LogP contribution is 2.30. The number of amides is 1. The van der Waals surface area contributed by atoms with Crippen LogP contribution >= 0.6 is 34.4 Å². The monoisotopic (exact) mass is 493 g/mol. The van der Waals surface area contributed by atoms with Gasteiger partial charge in [0, 0.05) is 24.1 Å². The van der Waals surface area contributed by atoms with Crippen LogP contribution in [0.2, 0.25) is 0 Å². The summed E-state index contributed by atoms with van der Waals surface area (Å²) >= 11 is 4.70. The molecule has 1 fully saturated rings. The van der Waals surface area contributed by atoms with Crippen LogP contribution in [-0.4, -0.2) is 47.8 Å². The molecule has 0 bridgehead atoms. The minimum atomic E-state index is -3.74. The Kier molecular flexibility index (Phi) is 6.83. The number of aryl methyl sites for hydroxylation is 2. The lowest BCUT2D eigenvalue weighted by atomic mass is 10.2. The number of thiazole rings is 1. The van der Waals surface area contributed by atoms with Crippen molar-refractivity contribution in [2.45, 2.75) is 31.2 Å². The normalized spacial score (nSPS) is 17.2. The Morgan fingerprint density at radius 3 is 2.84 bits per heavy atom. The van der Waals surface area contributed by atoms with E-state index in [4.69, 9.17) is 0 Å². The largest absolute Gasteiger partial charge is 0.354 e. The van der Waals surface area contributed by atoms with Crippen molar-refractivity contribution in [3.05, 3.63) is 57.9 Å². The van der Waals surface area contributed by atoms with Gasteiger partial charge in [0.15, 0.2) is 0 Å². The highest BCUT2D eigenvalue weighted by molar-refractivity contribution is 8.00. The number of carbonyl (C=O) groups excluding carboxylic acids is 1. The molecule has 3 heterocycles. The number of thioether (sulfide) groups is 1. The van der Waals surface area contributed by atoms with Crippen molar-refractivity contribution in [3.8, 4) is 9.88 Å². The van der Waals surface area contributed by atoms with Crippen molar-refractivity contribution in [2.75, 3.05) is 18.2 Å². The van der Waals surface area contributed by atoms with Gasteiger partial charge in [-0.15, -0.1) is 34.4 Å². The Balaban J connectivity index is 1.39. The first kappa shape index (κ1) is 22.5. The summed E-state index contributed by atoms with van der Waals surface area (Å²) in [5, 5.41) is 7.91. The summed E-state index contributed by atoms with van der Waals surface area (Å²) in [4.78, 5) is 18.8. The van der Waals surface area contributed by atoms with E-state index >= 15 is 0 Å². The molecule has 0 spiro atoms. The van der Waals surface area contributed by atoms with Gasteiger partial charge in [-0.1, -0.05) is 23.8 Å². The smallest absolute Gasteiger partial charge is 0.244 e. The first-order chi connectivity index (χ1) is 14.9. The van der Waals surface area contributed by atoms with Gasteiger partial charge in [0.1, 0.15) is 11.0 Å². The zero-order chi connectivity index (χ0) is 22.0. The highest BCUT2D eigenvalue weighted by atomic mass is 32.2. The van der Waals surface area contributed by atoms with Gasteiger partial charge in [-0.3, -0.25) is 4.79 Å². The van der Waals surface area contributed by atoms with Crippen molar-refractivity contribution in [2.24, 2.45) is 0 Å². The van der Waals surface area contributed by atoms with Crippen LogP contribution in [0.3, 0.4) is 0 Å². The number of rotatable bonds is 7. The van der Waals surface area contributed by atoms with Crippen LogP contribution in [0.5, 0.6) is 0 Å². The average Bonchev–Trinajstić information content (AvgIpc) is 3.48. The maximum Gasteiger partial charge on any atom is 0.244 e. The van der Waals surface area contributed by atoms with Gasteiger partial charge >= 0.3 is 0 Å². The van der Waals surface area contributed by atoms with Gasteiger partial charge < -0.3 is 5.32 Å². The quantitative estimate of drug-likeness (QED) is 0.540. The molecule has 1 aromatic carbocycles. The van der Waals surface area contributed by atoms with Crippen LogP contribution < -0.4 is 5.32 Å². The lowest BCUT2D eigenvalue weighted by Crippen LogP contribution is -2.47. The van der Waals surface area contributed by atoms with Gasteiger partial charge in [-0.2, -0.15) is 4.31 Å². The molecule has 3 aromatic rings. The first-order valence-corrected chi connectivity index (χ1v) is 14.1. The molecule has 4 rings (SSSR count). The van der Waals surface area contributed by atoms with Gasteiger partial charge in [0.25, 0.3) is 0 Å². The molecule has 0 saturated carbocycles. The number of benzene rings is 1. The molecule has 1 saturated heterocycles. The second kappa shape index (κ2) is 9.41. The molecule has 1 aliphatic rings. The fourth-order valence-corrected chi connectivity index (χ4v) is 8.48. The van der Waals surface area contributed by atoms with E-state index in [2.05, 4.69) is 10.3 Å². The zero-order valence-electron chi connectivity index (χ0n) is 17.2.